The van der Waals surface area contributed by atoms with E-state index in [9.17, 15) is 25.3 Å². The van der Waals surface area contributed by atoms with Crippen LogP contribution in [0.15, 0.2) is 34.9 Å². The summed E-state index contributed by atoms with van der Waals surface area (Å²) >= 11 is 0. The van der Waals surface area contributed by atoms with E-state index >= 15 is 0 Å². The molecule has 4 aliphatic rings. The second kappa shape index (κ2) is 8.94. The minimum atomic E-state index is -0.638. The van der Waals surface area contributed by atoms with Crippen molar-refractivity contribution in [1.82, 2.24) is 0 Å². The number of anilines is 1. The molecule has 7 atom stereocenters. The molecule has 1 aromatic carbocycles. The van der Waals surface area contributed by atoms with Crippen molar-refractivity contribution in [2.45, 2.75) is 78.2 Å². The Bertz CT molecular complexity index is 1150. The second-order valence-electron chi connectivity index (χ2n) is 11.9. The van der Waals surface area contributed by atoms with Crippen LogP contribution in [0, 0.1) is 54.7 Å². The van der Waals surface area contributed by atoms with Gasteiger partial charge in [0.2, 0.25) is 0 Å². The number of aliphatic hydroxyl groups excluding tert-OH is 1. The van der Waals surface area contributed by atoms with Crippen LogP contribution in [0.4, 0.5) is 17.1 Å². The van der Waals surface area contributed by atoms with Gasteiger partial charge < -0.3 is 5.11 Å². The predicted octanol–water partition coefficient (Wildman–Crippen LogP) is 6.23. The number of aliphatic hydroxyl groups is 1. The minimum Gasteiger partial charge on any atom is -0.393 e. The van der Waals surface area contributed by atoms with Crippen molar-refractivity contribution in [3.05, 3.63) is 50.1 Å². The Morgan fingerprint density at radius 2 is 1.86 bits per heavy atom. The fourth-order valence-corrected chi connectivity index (χ4v) is 8.43. The average molecular weight is 497 g/mol. The van der Waals surface area contributed by atoms with Crippen LogP contribution >= 0.6 is 0 Å². The largest absolute Gasteiger partial charge is 0.393 e. The van der Waals surface area contributed by atoms with Gasteiger partial charge in [-0.3, -0.25) is 25.7 Å². The number of nitro benzene ring substituents is 2. The van der Waals surface area contributed by atoms with Gasteiger partial charge in [0.05, 0.1) is 22.0 Å². The molecule has 7 unspecified atom stereocenters. The van der Waals surface area contributed by atoms with Gasteiger partial charge >= 0.3 is 5.69 Å². The van der Waals surface area contributed by atoms with Gasteiger partial charge in [-0.15, -0.1) is 0 Å². The summed E-state index contributed by atoms with van der Waals surface area (Å²) in [6.45, 7) is 6.84. The van der Waals surface area contributed by atoms with E-state index in [0.717, 1.165) is 56.7 Å². The lowest BCUT2D eigenvalue weighted by Gasteiger charge is -2.58. The van der Waals surface area contributed by atoms with E-state index in [0.29, 0.717) is 23.7 Å². The Morgan fingerprint density at radius 3 is 2.58 bits per heavy atom. The van der Waals surface area contributed by atoms with E-state index in [2.05, 4.69) is 30.5 Å². The molecule has 0 aromatic heterocycles. The molecule has 2 N–H and O–H groups in total. The highest BCUT2D eigenvalue weighted by Crippen LogP contribution is 2.66. The zero-order chi connectivity index (χ0) is 25.8. The quantitative estimate of drug-likeness (QED) is 0.215. The fourth-order valence-electron chi connectivity index (χ4n) is 8.43. The summed E-state index contributed by atoms with van der Waals surface area (Å²) in [5.41, 5.74) is 5.09. The van der Waals surface area contributed by atoms with Crippen molar-refractivity contribution in [1.29, 1.82) is 0 Å². The third kappa shape index (κ3) is 3.92. The van der Waals surface area contributed by atoms with E-state index in [1.165, 1.54) is 24.1 Å². The lowest BCUT2D eigenvalue weighted by molar-refractivity contribution is -0.393. The molecule has 0 bridgehead atoms. The van der Waals surface area contributed by atoms with Gasteiger partial charge in [0.25, 0.3) is 5.69 Å². The zero-order valence-electron chi connectivity index (χ0n) is 21.3. The lowest BCUT2D eigenvalue weighted by Crippen LogP contribution is -2.50. The van der Waals surface area contributed by atoms with Crippen LogP contribution in [0.5, 0.6) is 0 Å². The highest BCUT2D eigenvalue weighted by Gasteiger charge is 2.59. The van der Waals surface area contributed by atoms with Gasteiger partial charge in [-0.1, -0.05) is 25.5 Å². The van der Waals surface area contributed by atoms with Crippen LogP contribution in [-0.4, -0.2) is 26.8 Å². The maximum atomic E-state index is 11.5. The third-order valence-corrected chi connectivity index (χ3v) is 10.3. The molecule has 1 aromatic rings. The minimum absolute atomic E-state index is 0.133. The Labute approximate surface area is 211 Å². The van der Waals surface area contributed by atoms with Crippen LogP contribution in [-0.2, 0) is 0 Å². The molecule has 0 heterocycles. The second-order valence-corrected chi connectivity index (χ2v) is 11.9. The summed E-state index contributed by atoms with van der Waals surface area (Å²) in [4.78, 5) is 21.3. The molecule has 0 aliphatic heterocycles. The summed E-state index contributed by atoms with van der Waals surface area (Å²) in [5, 5.41) is 37.3. The van der Waals surface area contributed by atoms with Gasteiger partial charge in [-0.25, -0.2) is 0 Å². The summed E-state index contributed by atoms with van der Waals surface area (Å²) < 4.78 is 0. The number of nitro groups is 2. The van der Waals surface area contributed by atoms with Crippen molar-refractivity contribution >= 4 is 22.8 Å². The summed E-state index contributed by atoms with van der Waals surface area (Å²) in [5.74, 6) is 2.22. The van der Waals surface area contributed by atoms with Crippen LogP contribution in [0.2, 0.25) is 0 Å². The number of rotatable bonds is 5. The molecule has 0 saturated heterocycles. The van der Waals surface area contributed by atoms with Gasteiger partial charge in [0.1, 0.15) is 5.69 Å². The molecular formula is C27H36N4O5. The SMILES string of the molecule is C/C(=N\Nc1ccc([N+](=O)[O-])cc1[N+](=O)[O-])C1CCC2C3CC=C4CC(O)CCC4(C)C3CCC12C. The Hall–Kier alpha value is -2.81. The highest BCUT2D eigenvalue weighted by molar-refractivity contribution is 5.86. The fraction of sp³-hybridized carbons (Fsp3) is 0.667. The first-order valence-corrected chi connectivity index (χ1v) is 13.1. The van der Waals surface area contributed by atoms with E-state index in [1.807, 2.05) is 6.92 Å². The Morgan fingerprint density at radius 1 is 1.08 bits per heavy atom. The highest BCUT2D eigenvalue weighted by atomic mass is 16.6. The number of hydrogen-bond acceptors (Lipinski definition) is 7. The number of allylic oxidation sites excluding steroid dienone is 1. The van der Waals surface area contributed by atoms with Crippen molar-refractivity contribution < 1.29 is 15.0 Å². The van der Waals surface area contributed by atoms with Gasteiger partial charge in [-0.2, -0.15) is 5.10 Å². The average Bonchev–Trinajstić information content (AvgIpc) is 3.20. The maximum Gasteiger partial charge on any atom is 0.301 e. The molecule has 5 rings (SSSR count). The lowest BCUT2D eigenvalue weighted by atomic mass is 9.47. The molecule has 0 spiro atoms. The van der Waals surface area contributed by atoms with E-state index in [-0.39, 0.29) is 34.0 Å². The van der Waals surface area contributed by atoms with Crippen LogP contribution < -0.4 is 5.43 Å². The number of hydrogen-bond donors (Lipinski definition) is 2. The summed E-state index contributed by atoms with van der Waals surface area (Å²) in [7, 11) is 0. The molecule has 0 radical (unpaired) electrons. The van der Waals surface area contributed by atoms with Crippen LogP contribution in [0.25, 0.3) is 0 Å². The van der Waals surface area contributed by atoms with Crippen LogP contribution in [0.1, 0.15) is 72.1 Å². The molecular weight excluding hydrogens is 460 g/mol. The molecule has 9 nitrogen and oxygen atoms in total. The Balaban J connectivity index is 1.36. The standard InChI is InChI=1S/C27H36N4O5/c1-16(28-29-24-9-5-18(30(33)34)15-25(24)31(35)36)21-7-8-22-20-6-4-17-14-19(32)10-12-26(17,2)23(20)11-13-27(21,22)3/h4-5,9,15,19-23,29,32H,6-8,10-14H2,1-3H3/b28-16+. The molecule has 3 fully saturated rings. The topological polar surface area (TPSA) is 131 Å². The third-order valence-electron chi connectivity index (χ3n) is 10.3. The van der Waals surface area contributed by atoms with Gasteiger partial charge in [0.15, 0.2) is 0 Å². The van der Waals surface area contributed by atoms with Crippen molar-refractivity contribution in [3.63, 3.8) is 0 Å². The first kappa shape index (κ1) is 24.9. The van der Waals surface area contributed by atoms with E-state index in [4.69, 9.17) is 0 Å². The van der Waals surface area contributed by atoms with Gasteiger partial charge in [0, 0.05) is 17.7 Å². The molecule has 0 amide bonds. The predicted molar refractivity (Wildman–Crippen MR) is 138 cm³/mol. The number of non-ortho nitro benzene ring substituents is 1. The Kier molecular flexibility index (Phi) is 6.17. The number of fused-ring (bicyclic) bond motifs is 5. The smallest absolute Gasteiger partial charge is 0.301 e. The summed E-state index contributed by atoms with van der Waals surface area (Å²) in [6.07, 6.45) is 10.7. The van der Waals surface area contributed by atoms with E-state index < -0.39 is 9.85 Å². The normalized spacial score (nSPS) is 37.8. The molecule has 4 aliphatic carbocycles. The molecule has 9 heteroatoms. The van der Waals surface area contributed by atoms with E-state index in [1.54, 1.807) is 0 Å². The van der Waals surface area contributed by atoms with Gasteiger partial charge in [-0.05, 0) is 92.9 Å². The zero-order valence-corrected chi connectivity index (χ0v) is 21.3. The first-order valence-electron chi connectivity index (χ1n) is 13.1. The monoisotopic (exact) mass is 496 g/mol. The van der Waals surface area contributed by atoms with Crippen molar-refractivity contribution in [2.24, 2.45) is 39.6 Å². The summed E-state index contributed by atoms with van der Waals surface area (Å²) in [6, 6.07) is 3.58. The molecule has 36 heavy (non-hydrogen) atoms. The van der Waals surface area contributed by atoms with Crippen LogP contribution in [0.3, 0.4) is 0 Å². The van der Waals surface area contributed by atoms with Crippen molar-refractivity contribution in [2.75, 3.05) is 5.43 Å². The number of hydrazone groups is 1. The maximum absolute atomic E-state index is 11.5. The number of benzene rings is 1. The van der Waals surface area contributed by atoms with Crippen molar-refractivity contribution in [3.8, 4) is 0 Å². The first-order chi connectivity index (χ1) is 17.0. The number of nitrogens with zero attached hydrogens (tertiary/aromatic N) is 3. The number of nitrogens with one attached hydrogen (secondary N) is 1. The molecule has 3 saturated carbocycles. The molecule has 194 valence electrons.